The van der Waals surface area contributed by atoms with E-state index in [1.807, 2.05) is 0 Å². The number of hydrogen-bond donors (Lipinski definition) is 16. The molecular weight excluding hydrogens is 1580 g/mol. The van der Waals surface area contributed by atoms with Crippen molar-refractivity contribution < 1.29 is 215 Å². The molecule has 0 saturated heterocycles. The van der Waals surface area contributed by atoms with Gasteiger partial charge in [0.2, 0.25) is 0 Å². The van der Waals surface area contributed by atoms with Crippen LogP contribution in [-0.4, -0.2) is 391 Å². The highest BCUT2D eigenvalue weighted by Crippen LogP contribution is 2.33. The summed E-state index contributed by atoms with van der Waals surface area (Å²) in [6.45, 7) is -17.1. The summed E-state index contributed by atoms with van der Waals surface area (Å²) in [5.74, 6) is -14.8. The van der Waals surface area contributed by atoms with Gasteiger partial charge < -0.3 is 157 Å². The van der Waals surface area contributed by atoms with E-state index in [1.54, 1.807) is 0 Å². The topological polar surface area (TPSA) is 676 Å². The summed E-state index contributed by atoms with van der Waals surface area (Å²) in [6.07, 6.45) is 0. The van der Waals surface area contributed by atoms with Crippen LogP contribution in [0, 0.1) is 70.4 Å². The van der Waals surface area contributed by atoms with E-state index in [0.717, 1.165) is 83.1 Å². The van der Waals surface area contributed by atoms with E-state index in [0.29, 0.717) is 0 Å². The maximum Gasteiger partial charge on any atom is 0.318 e. The van der Waals surface area contributed by atoms with E-state index in [2.05, 4.69) is 0 Å². The molecule has 0 amide bonds. The molecule has 0 aliphatic rings. The molecule has 0 saturated carbocycles. The average molecular weight is 1710 g/mol. The Morgan fingerprint density at radius 1 is 0.154 bits per heavy atom. The summed E-state index contributed by atoms with van der Waals surface area (Å²) < 4.78 is 88.7. The number of rotatable bonds is 64. The summed E-state index contributed by atoms with van der Waals surface area (Å²) in [5.41, 5.74) is -25.6. The third-order valence-corrected chi connectivity index (χ3v) is 19.1. The molecule has 0 aliphatic carbocycles. The third kappa shape index (κ3) is 32.1. The minimum Gasteiger partial charge on any atom is -0.464 e. The smallest absolute Gasteiger partial charge is 0.318 e. The van der Waals surface area contributed by atoms with E-state index >= 15 is 0 Å². The number of carbonyl (C=O) groups excluding carboxylic acids is 12. The van der Waals surface area contributed by atoms with Crippen LogP contribution in [0.2, 0.25) is 0 Å². The first-order valence-corrected chi connectivity index (χ1v) is 36.6. The predicted octanol–water partition coefficient (Wildman–Crippen LogP) is -7.49. The Kier molecular flexibility index (Phi) is 47.1. The first kappa shape index (κ1) is 110. The molecular formula is C73H124O44. The molecule has 0 heterocycles. The third-order valence-electron chi connectivity index (χ3n) is 19.1. The fourth-order valence-corrected chi connectivity index (χ4v) is 8.14. The highest BCUT2D eigenvalue weighted by Gasteiger charge is 2.49. The molecule has 0 rings (SSSR count). The van der Waals surface area contributed by atoms with Crippen LogP contribution in [-0.2, 0) is 133 Å². The van der Waals surface area contributed by atoms with E-state index in [1.165, 1.54) is 0 Å². The zero-order chi connectivity index (χ0) is 90.2. The summed E-state index contributed by atoms with van der Waals surface area (Å²) in [4.78, 5) is 161. The molecule has 44 nitrogen and oxygen atoms in total. The van der Waals surface area contributed by atoms with Crippen LogP contribution < -0.4 is 0 Å². The van der Waals surface area contributed by atoms with E-state index in [4.69, 9.17) is 75.8 Å². The molecule has 0 aromatic rings. The second kappa shape index (κ2) is 50.2. The van der Waals surface area contributed by atoms with Gasteiger partial charge in [0.15, 0.2) is 0 Å². The Balaban J connectivity index is 8.18. The molecule has 44 heteroatoms. The van der Waals surface area contributed by atoms with Crippen molar-refractivity contribution >= 4 is 71.6 Å². The van der Waals surface area contributed by atoms with Crippen LogP contribution in [0.5, 0.6) is 0 Å². The Bertz CT molecular complexity index is 2560. The van der Waals surface area contributed by atoms with Crippen LogP contribution in [0.1, 0.15) is 83.1 Å². The van der Waals surface area contributed by atoms with Gasteiger partial charge in [0, 0.05) is 0 Å². The molecule has 0 aromatic heterocycles. The van der Waals surface area contributed by atoms with Crippen LogP contribution >= 0.6 is 0 Å². The van der Waals surface area contributed by atoms with Crippen molar-refractivity contribution in [1.82, 2.24) is 0 Å². The number of aliphatic hydroxyl groups is 16. The Labute approximate surface area is 675 Å². The fraction of sp³-hybridized carbons (Fsp3) is 0.836. The van der Waals surface area contributed by atoms with Crippen LogP contribution in [0.4, 0.5) is 0 Å². The quantitative estimate of drug-likeness (QED) is 0.0153. The standard InChI is InChI=1S/C73H124O44/c1-61(21-74,22-75)49(90)110-37-69(9,38-111-50(91)62(2,23-76)24-77)57(98)106-17-13-102-45-73(46-103-14-18-107-58(99)70(10,39-112-51(92)63(3,25-78)26-79)40-113-52(93)64(4,27-80)28-81,47-104-15-19-108-59(100)71(11,41-114-53(94)65(5,29-82)30-83)42-115-54(95)66(6,31-84)32-85)48-105-16-20-109-60(101)72(12,43-116-55(96)67(7,33-86)34-87)44-117-56(97)68(8,35-88)36-89/h74-89H,13-48H2,1-12H3. The lowest BCUT2D eigenvalue weighted by atomic mass is 9.90. The number of carbonyl (C=O) groups is 12. The van der Waals surface area contributed by atoms with Crippen LogP contribution in [0.25, 0.3) is 0 Å². The molecule has 0 unspecified atom stereocenters. The SMILES string of the molecule is CC(CO)(CO)C(=O)OCC(C)(COC(=O)C(C)(CO)CO)C(=O)OCCOCC(COCCOC(=O)C(C)(COC(=O)C(C)(CO)CO)COC(=O)C(C)(CO)CO)(COCCOC(=O)C(C)(COC(=O)C(C)(CO)CO)COC(=O)C(C)(CO)CO)COCCOC(=O)C(C)(COC(=O)C(C)(CO)CO)COC(=O)C(C)(CO)CO. The van der Waals surface area contributed by atoms with Gasteiger partial charge in [-0.3, -0.25) is 57.5 Å². The monoisotopic (exact) mass is 1700 g/mol. The van der Waals surface area contributed by atoms with E-state index in [9.17, 15) is 139 Å². The lowest BCUT2D eigenvalue weighted by Crippen LogP contribution is -2.46. The summed E-state index contributed by atoms with van der Waals surface area (Å²) in [7, 11) is 0. The minimum absolute atomic E-state index is 0.617. The molecule has 0 atom stereocenters. The number of aliphatic hydroxyl groups excluding tert-OH is 16. The van der Waals surface area contributed by atoms with Crippen molar-refractivity contribution in [2.45, 2.75) is 83.1 Å². The lowest BCUT2D eigenvalue weighted by molar-refractivity contribution is -0.182. The van der Waals surface area contributed by atoms with Crippen LogP contribution in [0.15, 0.2) is 0 Å². The largest absolute Gasteiger partial charge is 0.464 e. The van der Waals surface area contributed by atoms with Gasteiger partial charge in [0.25, 0.3) is 0 Å². The molecule has 0 spiro atoms. The maximum absolute atomic E-state index is 14.1. The van der Waals surface area contributed by atoms with Gasteiger partial charge in [-0.15, -0.1) is 0 Å². The molecule has 0 aromatic carbocycles. The van der Waals surface area contributed by atoms with Crippen molar-refractivity contribution in [2.75, 3.05) is 238 Å². The second-order valence-electron chi connectivity index (χ2n) is 32.1. The summed E-state index contributed by atoms with van der Waals surface area (Å²) >= 11 is 0. The molecule has 0 radical (unpaired) electrons. The molecule has 117 heavy (non-hydrogen) atoms. The highest BCUT2D eigenvalue weighted by atomic mass is 16.6. The van der Waals surface area contributed by atoms with Crippen molar-refractivity contribution in [2.24, 2.45) is 70.4 Å². The van der Waals surface area contributed by atoms with Crippen molar-refractivity contribution in [3.63, 3.8) is 0 Å². The number of hydrogen-bond acceptors (Lipinski definition) is 44. The van der Waals surface area contributed by atoms with E-state index in [-0.39, 0.29) is 0 Å². The Morgan fingerprint density at radius 2 is 0.256 bits per heavy atom. The normalized spacial score (nSPS) is 13.0. The van der Waals surface area contributed by atoms with Gasteiger partial charge in [-0.2, -0.15) is 0 Å². The van der Waals surface area contributed by atoms with Gasteiger partial charge in [0.1, 0.15) is 144 Å². The van der Waals surface area contributed by atoms with E-state index < -0.39 is 380 Å². The summed E-state index contributed by atoms with van der Waals surface area (Å²) in [6, 6.07) is 0. The average Bonchev–Trinajstić information content (AvgIpc) is 0.833. The van der Waals surface area contributed by atoms with Crippen molar-refractivity contribution in [3.8, 4) is 0 Å². The number of ether oxygens (including phenoxy) is 16. The molecule has 16 N–H and O–H groups in total. The zero-order valence-electron chi connectivity index (χ0n) is 68.5. The first-order valence-electron chi connectivity index (χ1n) is 36.6. The van der Waals surface area contributed by atoms with Gasteiger partial charge in [0.05, 0.1) is 164 Å². The maximum atomic E-state index is 14.1. The van der Waals surface area contributed by atoms with Gasteiger partial charge in [-0.05, 0) is 83.1 Å². The van der Waals surface area contributed by atoms with Gasteiger partial charge in [-0.1, -0.05) is 0 Å². The fourth-order valence-electron chi connectivity index (χ4n) is 8.14. The first-order chi connectivity index (χ1) is 54.5. The molecule has 0 bridgehead atoms. The highest BCUT2D eigenvalue weighted by molar-refractivity contribution is 5.84. The predicted molar refractivity (Wildman–Crippen MR) is 388 cm³/mol. The summed E-state index contributed by atoms with van der Waals surface area (Å²) in [5, 5.41) is 158. The second-order valence-corrected chi connectivity index (χ2v) is 32.1. The van der Waals surface area contributed by atoms with Gasteiger partial charge >= 0.3 is 71.6 Å². The van der Waals surface area contributed by atoms with Gasteiger partial charge in [-0.25, -0.2) is 0 Å². The Hall–Kier alpha value is -7.16. The zero-order valence-corrected chi connectivity index (χ0v) is 68.5. The number of esters is 12. The van der Waals surface area contributed by atoms with Crippen molar-refractivity contribution in [1.29, 1.82) is 0 Å². The molecule has 680 valence electrons. The Morgan fingerprint density at radius 3 is 0.359 bits per heavy atom. The van der Waals surface area contributed by atoms with Crippen molar-refractivity contribution in [3.05, 3.63) is 0 Å². The minimum atomic E-state index is -2.14. The molecule has 0 aliphatic heterocycles. The van der Waals surface area contributed by atoms with Crippen LogP contribution in [0.3, 0.4) is 0 Å². The molecule has 0 fully saturated rings. The lowest BCUT2D eigenvalue weighted by Gasteiger charge is -2.33.